The van der Waals surface area contributed by atoms with E-state index >= 15 is 0 Å². The van der Waals surface area contributed by atoms with Crippen molar-refractivity contribution in [1.82, 2.24) is 15.3 Å². The zero-order chi connectivity index (χ0) is 13.5. The third kappa shape index (κ3) is 1.93. The Hall–Kier alpha value is -1.43. The molecule has 3 heterocycles. The van der Waals surface area contributed by atoms with Crippen LogP contribution in [0.25, 0.3) is 20.3 Å². The van der Waals surface area contributed by atoms with Crippen LogP contribution in [0.2, 0.25) is 5.28 Å². The molecule has 0 unspecified atom stereocenters. The van der Waals surface area contributed by atoms with Gasteiger partial charge in [0.25, 0.3) is 0 Å². The lowest BCUT2D eigenvalue weighted by Gasteiger charge is -2.28. The average molecular weight is 305 g/mol. The molecule has 0 bridgehead atoms. The van der Waals surface area contributed by atoms with Crippen LogP contribution in [0.5, 0.6) is 0 Å². The van der Waals surface area contributed by atoms with E-state index in [0.717, 1.165) is 47.6 Å². The number of hydrogen-bond donors (Lipinski definition) is 1. The summed E-state index contributed by atoms with van der Waals surface area (Å²) in [6.07, 6.45) is 0. The van der Waals surface area contributed by atoms with E-state index in [2.05, 4.69) is 38.4 Å². The van der Waals surface area contributed by atoms with Gasteiger partial charge in [-0.25, -0.2) is 4.98 Å². The van der Waals surface area contributed by atoms with E-state index in [1.807, 2.05) is 6.07 Å². The van der Waals surface area contributed by atoms with Crippen molar-refractivity contribution >= 4 is 49.1 Å². The van der Waals surface area contributed by atoms with Crippen LogP contribution in [0.1, 0.15) is 0 Å². The summed E-state index contributed by atoms with van der Waals surface area (Å²) in [5.41, 5.74) is 0.971. The second kappa shape index (κ2) is 4.84. The summed E-state index contributed by atoms with van der Waals surface area (Å²) in [4.78, 5) is 11.2. The normalized spacial score (nSPS) is 16.1. The SMILES string of the molecule is Clc1nc(N2CCNCC2)c2sc3ccccc3c2n1. The van der Waals surface area contributed by atoms with E-state index in [9.17, 15) is 0 Å². The Morgan fingerprint density at radius 1 is 1.15 bits per heavy atom. The molecule has 4 rings (SSSR count). The van der Waals surface area contributed by atoms with Crippen molar-refractivity contribution in [2.45, 2.75) is 0 Å². The highest BCUT2D eigenvalue weighted by atomic mass is 35.5. The quantitative estimate of drug-likeness (QED) is 0.702. The Balaban J connectivity index is 1.99. The fourth-order valence-electron chi connectivity index (χ4n) is 2.64. The Morgan fingerprint density at radius 2 is 1.95 bits per heavy atom. The number of rotatable bonds is 1. The molecule has 2 aromatic heterocycles. The van der Waals surface area contributed by atoms with Crippen molar-refractivity contribution in [3.63, 3.8) is 0 Å². The molecular formula is C14H13ClN4S. The van der Waals surface area contributed by atoms with Crippen molar-refractivity contribution in [1.29, 1.82) is 0 Å². The summed E-state index contributed by atoms with van der Waals surface area (Å²) >= 11 is 7.89. The number of anilines is 1. The Kier molecular flexibility index (Phi) is 2.98. The first-order valence-corrected chi connectivity index (χ1v) is 7.83. The van der Waals surface area contributed by atoms with E-state index in [-0.39, 0.29) is 0 Å². The molecule has 1 saturated heterocycles. The van der Waals surface area contributed by atoms with Gasteiger partial charge in [0.2, 0.25) is 5.28 Å². The van der Waals surface area contributed by atoms with Crippen LogP contribution in [0.15, 0.2) is 24.3 Å². The van der Waals surface area contributed by atoms with Crippen LogP contribution < -0.4 is 10.2 Å². The summed E-state index contributed by atoms with van der Waals surface area (Å²) in [6.45, 7) is 3.87. The van der Waals surface area contributed by atoms with E-state index in [1.165, 1.54) is 4.70 Å². The Labute approximate surface area is 125 Å². The molecule has 0 atom stereocenters. The van der Waals surface area contributed by atoms with Gasteiger partial charge in [-0.2, -0.15) is 4.98 Å². The molecule has 1 aliphatic heterocycles. The predicted molar refractivity (Wildman–Crippen MR) is 85.0 cm³/mol. The average Bonchev–Trinajstić information content (AvgIpc) is 2.86. The monoisotopic (exact) mass is 304 g/mol. The van der Waals surface area contributed by atoms with Crippen molar-refractivity contribution in [2.24, 2.45) is 0 Å². The fraction of sp³-hybridized carbons (Fsp3) is 0.286. The van der Waals surface area contributed by atoms with Crippen LogP contribution in [0.4, 0.5) is 5.82 Å². The minimum absolute atomic E-state index is 0.328. The van der Waals surface area contributed by atoms with Gasteiger partial charge in [-0.3, -0.25) is 0 Å². The number of nitrogens with one attached hydrogen (secondary N) is 1. The number of thiophene rings is 1. The fourth-order valence-corrected chi connectivity index (χ4v) is 3.96. The zero-order valence-electron chi connectivity index (χ0n) is 10.8. The van der Waals surface area contributed by atoms with E-state index in [1.54, 1.807) is 11.3 Å². The maximum Gasteiger partial charge on any atom is 0.224 e. The molecule has 0 saturated carbocycles. The Bertz CT molecular complexity index is 779. The van der Waals surface area contributed by atoms with Crippen LogP contribution in [-0.4, -0.2) is 36.1 Å². The second-order valence-electron chi connectivity index (χ2n) is 4.83. The number of piperazine rings is 1. The second-order valence-corrected chi connectivity index (χ2v) is 6.22. The summed E-state index contributed by atoms with van der Waals surface area (Å²) in [6, 6.07) is 8.31. The lowest BCUT2D eigenvalue weighted by Crippen LogP contribution is -2.44. The summed E-state index contributed by atoms with van der Waals surface area (Å²) in [5, 5.41) is 4.85. The van der Waals surface area contributed by atoms with Gasteiger partial charge < -0.3 is 10.2 Å². The first kappa shape index (κ1) is 12.3. The molecule has 1 aliphatic rings. The third-order valence-corrected chi connectivity index (χ3v) is 4.92. The molecule has 6 heteroatoms. The smallest absolute Gasteiger partial charge is 0.224 e. The highest BCUT2D eigenvalue weighted by molar-refractivity contribution is 7.26. The van der Waals surface area contributed by atoms with Gasteiger partial charge >= 0.3 is 0 Å². The molecule has 0 radical (unpaired) electrons. The molecule has 1 N–H and O–H groups in total. The van der Waals surface area contributed by atoms with Gasteiger partial charge in [-0.15, -0.1) is 11.3 Å². The van der Waals surface area contributed by atoms with E-state index in [4.69, 9.17) is 11.6 Å². The van der Waals surface area contributed by atoms with Crippen LogP contribution in [0, 0.1) is 0 Å². The van der Waals surface area contributed by atoms with E-state index in [0.29, 0.717) is 5.28 Å². The highest BCUT2D eigenvalue weighted by Gasteiger charge is 2.19. The minimum Gasteiger partial charge on any atom is -0.353 e. The van der Waals surface area contributed by atoms with Gasteiger partial charge in [-0.1, -0.05) is 18.2 Å². The first-order valence-electron chi connectivity index (χ1n) is 6.63. The molecule has 0 aliphatic carbocycles. The van der Waals surface area contributed by atoms with Gasteiger partial charge in [-0.05, 0) is 17.7 Å². The number of fused-ring (bicyclic) bond motifs is 3. The van der Waals surface area contributed by atoms with Gasteiger partial charge in [0.05, 0.1) is 10.2 Å². The summed E-state index contributed by atoms with van der Waals surface area (Å²) in [7, 11) is 0. The van der Waals surface area contributed by atoms with E-state index < -0.39 is 0 Å². The molecule has 20 heavy (non-hydrogen) atoms. The number of hydrogen-bond acceptors (Lipinski definition) is 5. The van der Waals surface area contributed by atoms with Crippen molar-refractivity contribution in [3.8, 4) is 0 Å². The molecule has 0 spiro atoms. The Morgan fingerprint density at radius 3 is 2.80 bits per heavy atom. The molecule has 3 aromatic rings. The van der Waals surface area contributed by atoms with Crippen molar-refractivity contribution < 1.29 is 0 Å². The minimum atomic E-state index is 0.328. The van der Waals surface area contributed by atoms with Gasteiger partial charge in [0, 0.05) is 36.3 Å². The van der Waals surface area contributed by atoms with Crippen LogP contribution in [-0.2, 0) is 0 Å². The number of nitrogens with zero attached hydrogens (tertiary/aromatic N) is 3. The predicted octanol–water partition coefficient (Wildman–Crippen LogP) is 2.91. The third-order valence-electron chi connectivity index (χ3n) is 3.59. The number of halogens is 1. The molecule has 4 nitrogen and oxygen atoms in total. The maximum absolute atomic E-state index is 6.14. The molecule has 0 amide bonds. The van der Waals surface area contributed by atoms with Crippen molar-refractivity contribution in [3.05, 3.63) is 29.5 Å². The molecule has 102 valence electrons. The standard InChI is InChI=1S/C14H13ClN4S/c15-14-17-11-9-3-1-2-4-10(9)20-12(11)13(18-14)19-7-5-16-6-8-19/h1-4,16H,5-8H2. The lowest BCUT2D eigenvalue weighted by molar-refractivity contribution is 0.586. The van der Waals surface area contributed by atoms with Gasteiger partial charge in [0.1, 0.15) is 0 Å². The topological polar surface area (TPSA) is 41.1 Å². The van der Waals surface area contributed by atoms with Crippen LogP contribution >= 0.6 is 22.9 Å². The highest BCUT2D eigenvalue weighted by Crippen LogP contribution is 2.38. The lowest BCUT2D eigenvalue weighted by atomic mass is 10.2. The number of aromatic nitrogens is 2. The molecular weight excluding hydrogens is 292 g/mol. The van der Waals surface area contributed by atoms with Crippen molar-refractivity contribution in [2.75, 3.05) is 31.1 Å². The number of benzene rings is 1. The van der Waals surface area contributed by atoms with Crippen LogP contribution in [0.3, 0.4) is 0 Å². The zero-order valence-corrected chi connectivity index (χ0v) is 12.3. The molecule has 1 fully saturated rings. The first-order chi connectivity index (χ1) is 9.83. The molecule has 1 aromatic carbocycles. The summed E-state index contributed by atoms with van der Waals surface area (Å²) in [5.74, 6) is 0.975. The summed E-state index contributed by atoms with van der Waals surface area (Å²) < 4.78 is 2.37. The largest absolute Gasteiger partial charge is 0.353 e. The maximum atomic E-state index is 6.14. The van der Waals surface area contributed by atoms with Gasteiger partial charge in [0.15, 0.2) is 5.82 Å².